The molecule has 1 amide bonds. The van der Waals surface area contributed by atoms with Crippen molar-refractivity contribution in [2.45, 2.75) is 33.2 Å². The standard InChI is InChI=1S/C10H17N3O2S/c1-10(2,3)8(4-5-14)11-9(15)7-6-16-13-12-7/h6,8,14H,4-5H2,1-3H3,(H,11,15). The van der Waals surface area contributed by atoms with Gasteiger partial charge in [-0.3, -0.25) is 4.79 Å². The van der Waals surface area contributed by atoms with Gasteiger partial charge >= 0.3 is 0 Å². The Bertz CT molecular complexity index is 332. The molecule has 1 unspecified atom stereocenters. The van der Waals surface area contributed by atoms with Gasteiger partial charge in [0.2, 0.25) is 0 Å². The monoisotopic (exact) mass is 243 g/mol. The molecule has 16 heavy (non-hydrogen) atoms. The Morgan fingerprint density at radius 2 is 2.31 bits per heavy atom. The van der Waals surface area contributed by atoms with E-state index >= 15 is 0 Å². The molecule has 0 aliphatic carbocycles. The number of hydrogen-bond donors (Lipinski definition) is 2. The molecule has 5 nitrogen and oxygen atoms in total. The average molecular weight is 243 g/mol. The lowest BCUT2D eigenvalue weighted by molar-refractivity contribution is 0.0880. The van der Waals surface area contributed by atoms with Crippen LogP contribution in [0.3, 0.4) is 0 Å². The molecule has 0 bridgehead atoms. The molecular weight excluding hydrogens is 226 g/mol. The van der Waals surface area contributed by atoms with Crippen molar-refractivity contribution in [3.8, 4) is 0 Å². The largest absolute Gasteiger partial charge is 0.396 e. The van der Waals surface area contributed by atoms with E-state index < -0.39 is 0 Å². The van der Waals surface area contributed by atoms with E-state index in [0.29, 0.717) is 12.1 Å². The molecule has 0 radical (unpaired) electrons. The van der Waals surface area contributed by atoms with Gasteiger partial charge in [-0.25, -0.2) is 0 Å². The first kappa shape index (κ1) is 13.1. The maximum Gasteiger partial charge on any atom is 0.272 e. The number of hydrogen-bond acceptors (Lipinski definition) is 5. The predicted molar refractivity (Wildman–Crippen MR) is 62.3 cm³/mol. The third-order valence-corrected chi connectivity index (χ3v) is 2.87. The van der Waals surface area contributed by atoms with Gasteiger partial charge in [-0.15, -0.1) is 5.10 Å². The Labute approximate surface area is 99.0 Å². The van der Waals surface area contributed by atoms with Gasteiger partial charge in [0.1, 0.15) is 0 Å². The zero-order chi connectivity index (χ0) is 12.2. The summed E-state index contributed by atoms with van der Waals surface area (Å²) in [4.78, 5) is 11.7. The van der Waals surface area contributed by atoms with Crippen LogP contribution in [-0.2, 0) is 0 Å². The minimum absolute atomic E-state index is 0.0531. The van der Waals surface area contributed by atoms with Crippen LogP contribution in [0.5, 0.6) is 0 Å². The molecule has 0 fully saturated rings. The van der Waals surface area contributed by atoms with Crippen molar-refractivity contribution >= 4 is 17.4 Å². The molecule has 0 aromatic carbocycles. The van der Waals surface area contributed by atoms with E-state index in [9.17, 15) is 4.79 Å². The normalized spacial score (nSPS) is 13.5. The van der Waals surface area contributed by atoms with E-state index in [1.807, 2.05) is 20.8 Å². The highest BCUT2D eigenvalue weighted by Crippen LogP contribution is 2.21. The van der Waals surface area contributed by atoms with E-state index in [0.717, 1.165) is 11.5 Å². The zero-order valence-electron chi connectivity index (χ0n) is 9.73. The van der Waals surface area contributed by atoms with Crippen molar-refractivity contribution in [2.75, 3.05) is 6.61 Å². The molecule has 1 rings (SSSR count). The molecule has 0 saturated heterocycles. The van der Waals surface area contributed by atoms with E-state index in [1.165, 1.54) is 0 Å². The van der Waals surface area contributed by atoms with E-state index in [2.05, 4.69) is 14.9 Å². The average Bonchev–Trinajstić information content (AvgIpc) is 2.68. The highest BCUT2D eigenvalue weighted by atomic mass is 32.1. The number of aliphatic hydroxyl groups excluding tert-OH is 1. The molecule has 1 atom stereocenters. The fourth-order valence-corrected chi connectivity index (χ4v) is 1.78. The summed E-state index contributed by atoms with van der Waals surface area (Å²) in [7, 11) is 0. The summed E-state index contributed by atoms with van der Waals surface area (Å²) in [6.07, 6.45) is 0.535. The molecule has 1 heterocycles. The second-order valence-electron chi connectivity index (χ2n) is 4.69. The van der Waals surface area contributed by atoms with Crippen LogP contribution in [0.1, 0.15) is 37.7 Å². The lowest BCUT2D eigenvalue weighted by atomic mass is 9.85. The second-order valence-corrected chi connectivity index (χ2v) is 5.30. The zero-order valence-corrected chi connectivity index (χ0v) is 10.5. The Hall–Kier alpha value is -1.01. The number of amides is 1. The van der Waals surface area contributed by atoms with Crippen molar-refractivity contribution in [1.29, 1.82) is 0 Å². The summed E-state index contributed by atoms with van der Waals surface area (Å²) in [5, 5.41) is 17.1. The number of aromatic nitrogens is 2. The number of carbonyl (C=O) groups excluding carboxylic acids is 1. The summed E-state index contributed by atoms with van der Waals surface area (Å²) < 4.78 is 3.64. The molecule has 1 aromatic heterocycles. The van der Waals surface area contributed by atoms with Crippen LogP contribution >= 0.6 is 11.5 Å². The van der Waals surface area contributed by atoms with Crippen LogP contribution in [0.4, 0.5) is 0 Å². The molecule has 6 heteroatoms. The maximum absolute atomic E-state index is 11.7. The Morgan fingerprint density at radius 1 is 1.62 bits per heavy atom. The van der Waals surface area contributed by atoms with Crippen LogP contribution in [0, 0.1) is 5.41 Å². The Balaban J connectivity index is 2.66. The smallest absolute Gasteiger partial charge is 0.272 e. The molecular formula is C10H17N3O2S. The predicted octanol–water partition coefficient (Wildman–Crippen LogP) is 1.06. The fraction of sp³-hybridized carbons (Fsp3) is 0.700. The highest BCUT2D eigenvalue weighted by molar-refractivity contribution is 7.03. The van der Waals surface area contributed by atoms with Gasteiger partial charge in [0, 0.05) is 18.0 Å². The van der Waals surface area contributed by atoms with Crippen molar-refractivity contribution in [3.05, 3.63) is 11.1 Å². The summed E-state index contributed by atoms with van der Waals surface area (Å²) in [5.41, 5.74) is 0.235. The molecule has 0 aliphatic heterocycles. The minimum atomic E-state index is -0.234. The van der Waals surface area contributed by atoms with E-state index in [4.69, 9.17) is 5.11 Å². The molecule has 90 valence electrons. The molecule has 2 N–H and O–H groups in total. The van der Waals surface area contributed by atoms with Gasteiger partial charge in [0.05, 0.1) is 0 Å². The van der Waals surface area contributed by atoms with E-state index in [1.54, 1.807) is 5.38 Å². The number of rotatable bonds is 4. The van der Waals surface area contributed by atoms with Gasteiger partial charge in [0.15, 0.2) is 5.69 Å². The summed E-state index contributed by atoms with van der Waals surface area (Å²) in [5.74, 6) is -0.234. The second kappa shape index (κ2) is 5.36. The van der Waals surface area contributed by atoms with Crippen molar-refractivity contribution in [1.82, 2.24) is 14.9 Å². The molecule has 0 aliphatic rings. The van der Waals surface area contributed by atoms with Crippen molar-refractivity contribution in [2.24, 2.45) is 5.41 Å². The van der Waals surface area contributed by atoms with Crippen LogP contribution in [0.15, 0.2) is 5.38 Å². The highest BCUT2D eigenvalue weighted by Gasteiger charge is 2.26. The van der Waals surface area contributed by atoms with Gasteiger partial charge in [0.25, 0.3) is 5.91 Å². The summed E-state index contributed by atoms with van der Waals surface area (Å²) in [6.45, 7) is 6.12. The third-order valence-electron chi connectivity index (χ3n) is 2.36. The topological polar surface area (TPSA) is 75.1 Å². The maximum atomic E-state index is 11.7. The first-order valence-corrected chi connectivity index (χ1v) is 5.97. The van der Waals surface area contributed by atoms with E-state index in [-0.39, 0.29) is 24.0 Å². The quantitative estimate of drug-likeness (QED) is 0.829. The summed E-state index contributed by atoms with van der Waals surface area (Å²) >= 11 is 1.14. The van der Waals surface area contributed by atoms with Gasteiger partial charge in [-0.2, -0.15) is 0 Å². The lowest BCUT2D eigenvalue weighted by Gasteiger charge is -2.30. The number of nitrogens with zero attached hydrogens (tertiary/aromatic N) is 2. The van der Waals surface area contributed by atoms with Crippen molar-refractivity contribution in [3.63, 3.8) is 0 Å². The van der Waals surface area contributed by atoms with Crippen LogP contribution in [0.25, 0.3) is 0 Å². The van der Waals surface area contributed by atoms with Crippen molar-refractivity contribution < 1.29 is 9.90 Å². The third kappa shape index (κ3) is 3.53. The van der Waals surface area contributed by atoms with Crippen LogP contribution in [-0.4, -0.2) is 33.2 Å². The fourth-order valence-electron chi connectivity index (χ4n) is 1.35. The number of carbonyl (C=O) groups is 1. The molecule has 1 aromatic rings. The Morgan fingerprint density at radius 3 is 2.75 bits per heavy atom. The Kier molecular flexibility index (Phi) is 4.37. The lowest BCUT2D eigenvalue weighted by Crippen LogP contribution is -2.44. The first-order chi connectivity index (χ1) is 7.45. The van der Waals surface area contributed by atoms with Gasteiger partial charge in [-0.05, 0) is 23.4 Å². The summed E-state index contributed by atoms with van der Waals surface area (Å²) in [6, 6.07) is -0.0771. The minimum Gasteiger partial charge on any atom is -0.396 e. The number of nitrogens with one attached hydrogen (secondary N) is 1. The van der Waals surface area contributed by atoms with Crippen LogP contribution in [0.2, 0.25) is 0 Å². The van der Waals surface area contributed by atoms with Crippen LogP contribution < -0.4 is 5.32 Å². The number of aliphatic hydroxyl groups is 1. The first-order valence-electron chi connectivity index (χ1n) is 5.14. The molecule has 0 spiro atoms. The SMILES string of the molecule is CC(C)(C)C(CCO)NC(=O)c1csnn1. The van der Waals surface area contributed by atoms with Gasteiger partial charge < -0.3 is 10.4 Å². The molecule has 0 saturated carbocycles. The van der Waals surface area contributed by atoms with Gasteiger partial charge in [-0.1, -0.05) is 25.3 Å².